The van der Waals surface area contributed by atoms with E-state index in [0.717, 1.165) is 43.4 Å². The molecule has 2 aromatic rings. The van der Waals surface area contributed by atoms with Gasteiger partial charge < -0.3 is 19.7 Å². The number of rotatable bonds is 4. The Morgan fingerprint density at radius 2 is 1.87 bits per heavy atom. The van der Waals surface area contributed by atoms with Gasteiger partial charge in [0.25, 0.3) is 0 Å². The second-order valence-electron chi connectivity index (χ2n) is 8.66. The molecule has 0 aromatic heterocycles. The third kappa shape index (κ3) is 4.11. The summed E-state index contributed by atoms with van der Waals surface area (Å²) in [7, 11) is 0. The SMILES string of the molecule is O=C1NCCCC[C@@H]1N(Cc1ccc2c(c1)OCO2)C(=O)[C@@H]1CCc2ccccc2C1. The van der Waals surface area contributed by atoms with E-state index in [-0.39, 0.29) is 24.5 Å². The number of benzene rings is 2. The molecule has 2 aliphatic heterocycles. The number of ether oxygens (including phenoxy) is 2. The van der Waals surface area contributed by atoms with Crippen LogP contribution in [0.4, 0.5) is 0 Å². The number of nitrogens with one attached hydrogen (secondary N) is 1. The van der Waals surface area contributed by atoms with E-state index in [2.05, 4.69) is 23.5 Å². The van der Waals surface area contributed by atoms with Crippen LogP contribution < -0.4 is 14.8 Å². The van der Waals surface area contributed by atoms with Gasteiger partial charge in [-0.2, -0.15) is 0 Å². The van der Waals surface area contributed by atoms with E-state index in [1.807, 2.05) is 29.2 Å². The first-order valence-corrected chi connectivity index (χ1v) is 11.2. The smallest absolute Gasteiger partial charge is 0.242 e. The largest absolute Gasteiger partial charge is 0.454 e. The summed E-state index contributed by atoms with van der Waals surface area (Å²) >= 11 is 0. The minimum absolute atomic E-state index is 0.0391. The zero-order valence-electron chi connectivity index (χ0n) is 17.6. The second-order valence-corrected chi connectivity index (χ2v) is 8.66. The highest BCUT2D eigenvalue weighted by atomic mass is 16.7. The molecule has 0 bridgehead atoms. The monoisotopic (exact) mass is 420 g/mol. The zero-order chi connectivity index (χ0) is 21.2. The van der Waals surface area contributed by atoms with E-state index in [1.54, 1.807) is 0 Å². The quantitative estimate of drug-likeness (QED) is 0.825. The van der Waals surface area contributed by atoms with Gasteiger partial charge in [0.05, 0.1) is 0 Å². The maximum atomic E-state index is 13.8. The molecule has 5 rings (SSSR count). The highest BCUT2D eigenvalue weighted by Crippen LogP contribution is 2.34. The van der Waals surface area contributed by atoms with Crippen molar-refractivity contribution < 1.29 is 19.1 Å². The lowest BCUT2D eigenvalue weighted by molar-refractivity contribution is -0.144. The fraction of sp³-hybridized carbons (Fsp3) is 0.440. The van der Waals surface area contributed by atoms with Crippen LogP contribution in [-0.4, -0.2) is 36.1 Å². The van der Waals surface area contributed by atoms with Crippen LogP contribution in [0.1, 0.15) is 42.4 Å². The molecular weight excluding hydrogens is 392 g/mol. The number of nitrogens with zero attached hydrogens (tertiary/aromatic N) is 1. The standard InChI is InChI=1S/C25H28N2O4/c28-24-21(7-3-4-12-26-24)27(15-17-8-11-22-23(13-17)31-16-30-22)25(29)20-10-9-18-5-1-2-6-19(18)14-20/h1-2,5-6,8,11,13,20-21H,3-4,7,9-10,12,14-16H2,(H,26,28)/t20-,21+/m1/s1. The topological polar surface area (TPSA) is 67.9 Å². The summed E-state index contributed by atoms with van der Waals surface area (Å²) in [5.74, 6) is 1.36. The molecule has 31 heavy (non-hydrogen) atoms. The summed E-state index contributed by atoms with van der Waals surface area (Å²) in [6, 6.07) is 13.7. The lowest BCUT2D eigenvalue weighted by atomic mass is 9.83. The summed E-state index contributed by atoms with van der Waals surface area (Å²) in [6.07, 6.45) is 5.04. The molecule has 1 aliphatic carbocycles. The molecule has 2 atom stereocenters. The Balaban J connectivity index is 1.42. The van der Waals surface area contributed by atoms with Crippen molar-refractivity contribution in [2.45, 2.75) is 51.1 Å². The van der Waals surface area contributed by atoms with Crippen molar-refractivity contribution >= 4 is 11.8 Å². The van der Waals surface area contributed by atoms with Gasteiger partial charge in [-0.1, -0.05) is 30.3 Å². The van der Waals surface area contributed by atoms with Crippen molar-refractivity contribution in [2.75, 3.05) is 13.3 Å². The minimum Gasteiger partial charge on any atom is -0.454 e. The number of hydrogen-bond acceptors (Lipinski definition) is 4. The zero-order valence-corrected chi connectivity index (χ0v) is 17.6. The predicted molar refractivity (Wildman–Crippen MR) is 116 cm³/mol. The molecule has 162 valence electrons. The van der Waals surface area contributed by atoms with E-state index in [4.69, 9.17) is 9.47 Å². The first-order chi connectivity index (χ1) is 15.2. The first-order valence-electron chi connectivity index (χ1n) is 11.2. The molecule has 1 fully saturated rings. The van der Waals surface area contributed by atoms with Crippen LogP contribution in [0.15, 0.2) is 42.5 Å². The van der Waals surface area contributed by atoms with Gasteiger partial charge in [0.2, 0.25) is 18.6 Å². The maximum Gasteiger partial charge on any atom is 0.242 e. The van der Waals surface area contributed by atoms with E-state index < -0.39 is 6.04 Å². The van der Waals surface area contributed by atoms with E-state index in [9.17, 15) is 9.59 Å². The van der Waals surface area contributed by atoms with E-state index >= 15 is 0 Å². The number of aryl methyl sites for hydroxylation is 1. The maximum absolute atomic E-state index is 13.8. The van der Waals surface area contributed by atoms with E-state index in [1.165, 1.54) is 11.1 Å². The first kappa shape index (κ1) is 19.9. The molecule has 2 amide bonds. The Morgan fingerprint density at radius 3 is 2.77 bits per heavy atom. The molecular formula is C25H28N2O4. The minimum atomic E-state index is -0.433. The van der Waals surface area contributed by atoms with E-state index in [0.29, 0.717) is 25.3 Å². The van der Waals surface area contributed by atoms with Crippen LogP contribution in [0.25, 0.3) is 0 Å². The van der Waals surface area contributed by atoms with Gasteiger partial charge in [0, 0.05) is 19.0 Å². The Labute approximate surface area is 182 Å². The lowest BCUT2D eigenvalue weighted by Gasteiger charge is -2.35. The number of carbonyl (C=O) groups is 2. The van der Waals surface area contributed by atoms with Gasteiger partial charge in [0.1, 0.15) is 6.04 Å². The molecule has 3 aliphatic rings. The van der Waals surface area contributed by atoms with Crippen molar-refractivity contribution in [1.29, 1.82) is 0 Å². The number of amides is 2. The molecule has 0 saturated carbocycles. The molecule has 6 heteroatoms. The summed E-state index contributed by atoms with van der Waals surface area (Å²) in [4.78, 5) is 28.5. The van der Waals surface area contributed by atoms with Crippen molar-refractivity contribution in [3.05, 3.63) is 59.2 Å². The molecule has 0 radical (unpaired) electrons. The number of fused-ring (bicyclic) bond motifs is 2. The Morgan fingerprint density at radius 1 is 1.03 bits per heavy atom. The van der Waals surface area contributed by atoms with Crippen LogP contribution in [0.3, 0.4) is 0 Å². The predicted octanol–water partition coefficient (Wildman–Crippen LogP) is 3.22. The van der Waals surface area contributed by atoms with Gasteiger partial charge in [-0.25, -0.2) is 0 Å². The second kappa shape index (κ2) is 8.61. The van der Waals surface area contributed by atoms with Gasteiger partial charge in [-0.15, -0.1) is 0 Å². The van der Waals surface area contributed by atoms with Gasteiger partial charge in [0.15, 0.2) is 11.5 Å². The molecule has 1 saturated heterocycles. The van der Waals surface area contributed by atoms with Crippen LogP contribution >= 0.6 is 0 Å². The molecule has 1 N–H and O–H groups in total. The average Bonchev–Trinajstić information content (AvgIpc) is 3.17. The number of carbonyl (C=O) groups excluding carboxylic acids is 2. The van der Waals surface area contributed by atoms with Crippen molar-refractivity contribution in [1.82, 2.24) is 10.2 Å². The fourth-order valence-corrected chi connectivity index (χ4v) is 4.94. The molecule has 0 unspecified atom stereocenters. The average molecular weight is 421 g/mol. The summed E-state index contributed by atoms with van der Waals surface area (Å²) < 4.78 is 10.9. The Kier molecular flexibility index (Phi) is 5.53. The molecule has 6 nitrogen and oxygen atoms in total. The Bertz CT molecular complexity index is 989. The van der Waals surface area contributed by atoms with Crippen LogP contribution in [0.2, 0.25) is 0 Å². The Hall–Kier alpha value is -3.02. The van der Waals surface area contributed by atoms with Gasteiger partial charge in [-0.05, 0) is 67.3 Å². The summed E-state index contributed by atoms with van der Waals surface area (Å²) in [5.41, 5.74) is 3.53. The van der Waals surface area contributed by atoms with Gasteiger partial charge >= 0.3 is 0 Å². The molecule has 2 aromatic carbocycles. The normalized spacial score (nSPS) is 22.3. The number of hydrogen-bond donors (Lipinski definition) is 1. The summed E-state index contributed by atoms with van der Waals surface area (Å²) in [6.45, 7) is 1.29. The van der Waals surface area contributed by atoms with Crippen LogP contribution in [0, 0.1) is 5.92 Å². The highest BCUT2D eigenvalue weighted by Gasteiger charge is 2.36. The van der Waals surface area contributed by atoms with Crippen LogP contribution in [0.5, 0.6) is 11.5 Å². The third-order valence-electron chi connectivity index (χ3n) is 6.65. The lowest BCUT2D eigenvalue weighted by Crippen LogP contribution is -2.50. The fourth-order valence-electron chi connectivity index (χ4n) is 4.94. The molecule has 2 heterocycles. The third-order valence-corrected chi connectivity index (χ3v) is 6.65. The summed E-state index contributed by atoms with van der Waals surface area (Å²) in [5, 5.41) is 3.00. The van der Waals surface area contributed by atoms with Crippen molar-refractivity contribution in [3.8, 4) is 11.5 Å². The van der Waals surface area contributed by atoms with Crippen LogP contribution in [-0.2, 0) is 29.0 Å². The molecule has 0 spiro atoms. The highest BCUT2D eigenvalue weighted by molar-refractivity contribution is 5.89. The van der Waals surface area contributed by atoms with Gasteiger partial charge in [-0.3, -0.25) is 9.59 Å². The van der Waals surface area contributed by atoms with Crippen molar-refractivity contribution in [2.24, 2.45) is 5.92 Å². The van der Waals surface area contributed by atoms with Crippen molar-refractivity contribution in [3.63, 3.8) is 0 Å².